The van der Waals surface area contributed by atoms with Crippen LogP contribution < -0.4 is 4.90 Å². The highest BCUT2D eigenvalue weighted by molar-refractivity contribution is 5.77. The normalized spacial score (nSPS) is 14.9. The summed E-state index contributed by atoms with van der Waals surface area (Å²) in [6.45, 7) is 8.04. The van der Waals surface area contributed by atoms with E-state index >= 15 is 0 Å². The van der Waals surface area contributed by atoms with Gasteiger partial charge in [0.2, 0.25) is 6.41 Å². The Morgan fingerprint density at radius 2 is 1.53 bits per heavy atom. The van der Waals surface area contributed by atoms with Crippen molar-refractivity contribution in [3.05, 3.63) is 89.2 Å². The number of amides is 1. The Balaban J connectivity index is 0.00000154. The van der Waals surface area contributed by atoms with Crippen LogP contribution in [0, 0.1) is 17.6 Å². The van der Waals surface area contributed by atoms with Gasteiger partial charge in [0.05, 0.1) is 25.0 Å². The molecule has 3 atom stereocenters. The molecule has 5 nitrogen and oxygen atoms in total. The number of benzene rings is 2. The molecule has 0 saturated carbocycles. The number of rotatable bonds is 10. The number of aliphatic hydroxyl groups is 1. The van der Waals surface area contributed by atoms with E-state index in [1.165, 1.54) is 24.3 Å². The van der Waals surface area contributed by atoms with Crippen molar-refractivity contribution < 1.29 is 28.2 Å². The molecule has 1 N–H and O–H groups in total. The highest BCUT2D eigenvalue weighted by atomic mass is 19.1. The lowest BCUT2D eigenvalue weighted by Crippen LogP contribution is -2.41. The van der Waals surface area contributed by atoms with Crippen molar-refractivity contribution in [3.63, 3.8) is 0 Å². The molecule has 2 aromatic carbocycles. The third-order valence-corrected chi connectivity index (χ3v) is 6.01. The molecule has 0 aromatic heterocycles. The largest absolute Gasteiger partial charge is 0.501 e. The Labute approximate surface area is 213 Å². The summed E-state index contributed by atoms with van der Waals surface area (Å²) >= 11 is 0. The zero-order valence-corrected chi connectivity index (χ0v) is 21.5. The van der Waals surface area contributed by atoms with Crippen LogP contribution in [0.3, 0.4) is 0 Å². The fourth-order valence-corrected chi connectivity index (χ4v) is 4.20. The van der Waals surface area contributed by atoms with Crippen LogP contribution in [0.5, 0.6) is 0 Å². The van der Waals surface area contributed by atoms with Gasteiger partial charge >= 0.3 is 0 Å². The molecule has 1 aliphatic carbocycles. The van der Waals surface area contributed by atoms with Crippen molar-refractivity contribution in [2.45, 2.75) is 58.6 Å². The fourth-order valence-electron chi connectivity index (χ4n) is 4.20. The quantitative estimate of drug-likeness (QED) is 0.376. The van der Waals surface area contributed by atoms with Crippen LogP contribution in [-0.2, 0) is 14.3 Å². The molecule has 2 unspecified atom stereocenters. The minimum absolute atomic E-state index is 0.00379. The summed E-state index contributed by atoms with van der Waals surface area (Å²) in [5.41, 5.74) is 2.34. The molecule has 0 bridgehead atoms. The standard InChI is InChI=1S/C26H29F2NO3.C2H6.CH2O/c1-18(3-16-25(31)19-4-8-21(27)9-5-19)26(20-6-14-24(32-2)15-7-20)29(17-30)23-12-10-22(28)11-13-23;2*1-2/h4-6,8-14,17-18,25-26,31H,3,7,15-16H2,1-2H3;1-2H3;1H2/t18-,25?,26?;;/m1../s1. The first-order valence-corrected chi connectivity index (χ1v) is 12.1. The molecule has 0 fully saturated rings. The van der Waals surface area contributed by atoms with E-state index in [1.54, 1.807) is 36.3 Å². The lowest BCUT2D eigenvalue weighted by atomic mass is 9.84. The predicted molar refractivity (Wildman–Crippen MR) is 139 cm³/mol. The summed E-state index contributed by atoms with van der Waals surface area (Å²) in [4.78, 5) is 21.8. The molecule has 3 rings (SSSR count). The number of nitrogens with zero attached hydrogens (tertiary/aromatic N) is 1. The van der Waals surface area contributed by atoms with Crippen LogP contribution in [0.1, 0.15) is 58.1 Å². The number of hydrogen-bond donors (Lipinski definition) is 1. The maximum atomic E-state index is 13.5. The van der Waals surface area contributed by atoms with Gasteiger partial charge in [0.1, 0.15) is 18.4 Å². The molecule has 196 valence electrons. The zero-order valence-electron chi connectivity index (χ0n) is 21.5. The van der Waals surface area contributed by atoms with Gasteiger partial charge in [-0.1, -0.05) is 39.0 Å². The number of allylic oxidation sites excluding steroid dienone is 3. The highest BCUT2D eigenvalue weighted by Crippen LogP contribution is 2.34. The van der Waals surface area contributed by atoms with E-state index in [0.29, 0.717) is 24.1 Å². The molecule has 0 radical (unpaired) electrons. The topological polar surface area (TPSA) is 66.8 Å². The van der Waals surface area contributed by atoms with E-state index in [4.69, 9.17) is 9.53 Å². The Morgan fingerprint density at radius 1 is 0.972 bits per heavy atom. The lowest BCUT2D eigenvalue weighted by molar-refractivity contribution is -0.108. The van der Waals surface area contributed by atoms with Crippen LogP contribution in [0.2, 0.25) is 0 Å². The zero-order chi connectivity index (χ0) is 27.1. The van der Waals surface area contributed by atoms with E-state index in [2.05, 4.69) is 0 Å². The van der Waals surface area contributed by atoms with Gasteiger partial charge in [-0.3, -0.25) is 4.79 Å². The number of carbonyl (C=O) groups excluding carboxylic acids is 2. The molecular formula is C29H37F2NO4. The Bertz CT molecular complexity index is 974. The van der Waals surface area contributed by atoms with Gasteiger partial charge in [0, 0.05) is 12.1 Å². The second-order valence-corrected chi connectivity index (χ2v) is 8.13. The monoisotopic (exact) mass is 501 g/mol. The minimum Gasteiger partial charge on any atom is -0.501 e. The first kappa shape index (κ1) is 30.7. The molecule has 0 aliphatic heterocycles. The van der Waals surface area contributed by atoms with Crippen molar-refractivity contribution in [3.8, 4) is 0 Å². The van der Waals surface area contributed by atoms with E-state index in [9.17, 15) is 18.7 Å². The smallest absolute Gasteiger partial charge is 0.214 e. The molecule has 36 heavy (non-hydrogen) atoms. The first-order valence-electron chi connectivity index (χ1n) is 12.1. The maximum absolute atomic E-state index is 13.5. The third-order valence-electron chi connectivity index (χ3n) is 6.01. The molecule has 1 aliphatic rings. The number of methoxy groups -OCH3 is 1. The van der Waals surface area contributed by atoms with Crippen molar-refractivity contribution in [2.75, 3.05) is 12.0 Å². The SMILES string of the molecule is C=O.CC.COC1=CC=C(C([C@H](C)CCC(O)c2ccc(F)cc2)N(C=O)c2ccc(F)cc2)CC1. The number of halogens is 2. The minimum atomic E-state index is -0.727. The van der Waals surface area contributed by atoms with Gasteiger partial charge in [0.15, 0.2) is 0 Å². The molecule has 0 heterocycles. The number of anilines is 1. The van der Waals surface area contributed by atoms with Gasteiger partial charge in [0.25, 0.3) is 0 Å². The Morgan fingerprint density at radius 3 is 2.00 bits per heavy atom. The Kier molecular flexibility index (Phi) is 14.0. The van der Waals surface area contributed by atoms with Crippen molar-refractivity contribution >= 4 is 18.9 Å². The van der Waals surface area contributed by atoms with Crippen molar-refractivity contribution in [1.82, 2.24) is 0 Å². The van der Waals surface area contributed by atoms with Gasteiger partial charge < -0.3 is 19.5 Å². The van der Waals surface area contributed by atoms with Crippen LogP contribution in [0.4, 0.5) is 14.5 Å². The maximum Gasteiger partial charge on any atom is 0.214 e. The second kappa shape index (κ2) is 16.4. The van der Waals surface area contributed by atoms with Crippen molar-refractivity contribution in [1.29, 1.82) is 0 Å². The predicted octanol–water partition coefficient (Wildman–Crippen LogP) is 6.54. The van der Waals surface area contributed by atoms with Crippen LogP contribution in [-0.4, -0.2) is 31.5 Å². The number of hydrogen-bond acceptors (Lipinski definition) is 4. The van der Waals surface area contributed by atoms with Crippen LogP contribution in [0.25, 0.3) is 0 Å². The van der Waals surface area contributed by atoms with Gasteiger partial charge in [-0.15, -0.1) is 0 Å². The summed E-state index contributed by atoms with van der Waals surface area (Å²) in [6, 6.07) is 11.4. The Hall–Kier alpha value is -3.32. The van der Waals surface area contributed by atoms with Gasteiger partial charge in [-0.05, 0) is 78.8 Å². The lowest BCUT2D eigenvalue weighted by Gasteiger charge is -2.36. The van der Waals surface area contributed by atoms with Gasteiger partial charge in [-0.25, -0.2) is 8.78 Å². The number of carbonyl (C=O) groups is 2. The van der Waals surface area contributed by atoms with E-state index in [-0.39, 0.29) is 23.6 Å². The molecule has 2 aromatic rings. The fraction of sp³-hybridized carbons (Fsp3) is 0.379. The molecule has 1 amide bonds. The molecule has 0 saturated heterocycles. The second-order valence-electron chi connectivity index (χ2n) is 8.13. The van der Waals surface area contributed by atoms with Crippen LogP contribution >= 0.6 is 0 Å². The van der Waals surface area contributed by atoms with Gasteiger partial charge in [-0.2, -0.15) is 0 Å². The van der Waals surface area contributed by atoms with Crippen LogP contribution in [0.15, 0.2) is 72.0 Å². The van der Waals surface area contributed by atoms with E-state index in [0.717, 1.165) is 30.6 Å². The summed E-state index contributed by atoms with van der Waals surface area (Å²) in [5, 5.41) is 10.6. The van der Waals surface area contributed by atoms with E-state index in [1.807, 2.05) is 39.7 Å². The average Bonchev–Trinajstić information content (AvgIpc) is 2.93. The summed E-state index contributed by atoms with van der Waals surface area (Å²) < 4.78 is 32.0. The third kappa shape index (κ3) is 8.72. The molecular weight excluding hydrogens is 464 g/mol. The summed E-state index contributed by atoms with van der Waals surface area (Å²) in [5.74, 6) is 0.176. The first-order chi connectivity index (χ1) is 17.4. The number of ether oxygens (including phenoxy) is 1. The van der Waals surface area contributed by atoms with E-state index < -0.39 is 6.10 Å². The van der Waals surface area contributed by atoms with Crippen molar-refractivity contribution in [2.24, 2.45) is 5.92 Å². The highest BCUT2D eigenvalue weighted by Gasteiger charge is 2.30. The molecule has 0 spiro atoms. The summed E-state index contributed by atoms with van der Waals surface area (Å²) in [6.07, 6.45) is 6.52. The molecule has 7 heteroatoms. The number of aliphatic hydroxyl groups excluding tert-OH is 1. The average molecular weight is 502 g/mol. The summed E-state index contributed by atoms with van der Waals surface area (Å²) in [7, 11) is 1.64.